The van der Waals surface area contributed by atoms with E-state index in [9.17, 15) is 0 Å². The molecule has 2 N–H and O–H groups in total. The maximum atomic E-state index is 5.81. The number of rotatable bonds is 5. The van der Waals surface area contributed by atoms with E-state index in [2.05, 4.69) is 28.7 Å². The van der Waals surface area contributed by atoms with Gasteiger partial charge in [-0.2, -0.15) is 4.98 Å². The Bertz CT molecular complexity index is 558. The third-order valence-electron chi connectivity index (χ3n) is 3.15. The second-order valence-electron chi connectivity index (χ2n) is 4.51. The lowest BCUT2D eigenvalue weighted by atomic mass is 10.2. The predicted molar refractivity (Wildman–Crippen MR) is 78.3 cm³/mol. The molecular weight excluding hydrogens is 240 g/mol. The van der Waals surface area contributed by atoms with Gasteiger partial charge in [0, 0.05) is 19.0 Å². The fraction of sp³-hybridized carbons (Fsp3) is 0.429. The van der Waals surface area contributed by atoms with Crippen LogP contribution in [0.25, 0.3) is 10.9 Å². The lowest BCUT2D eigenvalue weighted by Crippen LogP contribution is -2.37. The van der Waals surface area contributed by atoms with E-state index in [1.54, 1.807) is 7.11 Å². The molecule has 102 valence electrons. The Morgan fingerprint density at radius 3 is 2.74 bits per heavy atom. The van der Waals surface area contributed by atoms with Gasteiger partial charge in [-0.05, 0) is 26.0 Å². The van der Waals surface area contributed by atoms with Crippen molar-refractivity contribution in [1.82, 2.24) is 9.97 Å². The van der Waals surface area contributed by atoms with Crippen molar-refractivity contribution < 1.29 is 4.74 Å². The first-order valence-corrected chi connectivity index (χ1v) is 6.45. The molecule has 0 aliphatic carbocycles. The maximum Gasteiger partial charge on any atom is 0.222 e. The Kier molecular flexibility index (Phi) is 4.16. The van der Waals surface area contributed by atoms with E-state index in [4.69, 9.17) is 10.5 Å². The Balaban J connectivity index is 2.52. The number of nitrogen functional groups attached to an aromatic ring is 1. The minimum Gasteiger partial charge on any atom is -0.383 e. The van der Waals surface area contributed by atoms with Gasteiger partial charge in [0.2, 0.25) is 5.95 Å². The van der Waals surface area contributed by atoms with E-state index in [0.717, 1.165) is 23.3 Å². The van der Waals surface area contributed by atoms with Gasteiger partial charge in [0.15, 0.2) is 0 Å². The number of hydrogen-bond acceptors (Lipinski definition) is 5. The van der Waals surface area contributed by atoms with Crippen LogP contribution in [-0.2, 0) is 4.74 Å². The third-order valence-corrected chi connectivity index (χ3v) is 3.15. The average molecular weight is 260 g/mol. The number of methoxy groups -OCH3 is 1. The molecule has 19 heavy (non-hydrogen) atoms. The Labute approximate surface area is 113 Å². The number of nitrogens with zero attached hydrogens (tertiary/aromatic N) is 3. The highest BCUT2D eigenvalue weighted by atomic mass is 16.5. The summed E-state index contributed by atoms with van der Waals surface area (Å²) in [6, 6.07) is 8.14. The van der Waals surface area contributed by atoms with Gasteiger partial charge in [-0.25, -0.2) is 4.98 Å². The van der Waals surface area contributed by atoms with Crippen molar-refractivity contribution in [3.8, 4) is 0 Å². The first-order chi connectivity index (χ1) is 9.17. The molecule has 0 saturated heterocycles. The van der Waals surface area contributed by atoms with E-state index >= 15 is 0 Å². The predicted octanol–water partition coefficient (Wildman–Crippen LogP) is 2.07. The smallest absolute Gasteiger partial charge is 0.222 e. The van der Waals surface area contributed by atoms with Crippen LogP contribution in [0.15, 0.2) is 24.3 Å². The average Bonchev–Trinajstić information content (AvgIpc) is 2.39. The van der Waals surface area contributed by atoms with Crippen LogP contribution in [0.2, 0.25) is 0 Å². The lowest BCUT2D eigenvalue weighted by Gasteiger charge is -2.29. The SMILES string of the molecule is CCN(c1nc(N)nc2ccccc12)C(C)COC. The molecule has 0 aliphatic rings. The van der Waals surface area contributed by atoms with Crippen molar-refractivity contribution in [3.63, 3.8) is 0 Å². The first-order valence-electron chi connectivity index (χ1n) is 6.45. The standard InChI is InChI=1S/C14H20N4O/c1-4-18(10(2)9-19-3)13-11-7-5-6-8-12(11)16-14(15)17-13/h5-8,10H,4,9H2,1-3H3,(H2,15,16,17). The second kappa shape index (κ2) is 5.84. The summed E-state index contributed by atoms with van der Waals surface area (Å²) in [6.07, 6.45) is 0. The summed E-state index contributed by atoms with van der Waals surface area (Å²) < 4.78 is 5.23. The Morgan fingerprint density at radius 1 is 1.32 bits per heavy atom. The molecule has 1 heterocycles. The van der Waals surface area contributed by atoms with E-state index < -0.39 is 0 Å². The van der Waals surface area contributed by atoms with Crippen LogP contribution in [0.4, 0.5) is 11.8 Å². The molecule has 1 aromatic carbocycles. The molecule has 1 aromatic heterocycles. The number of hydrogen-bond donors (Lipinski definition) is 1. The van der Waals surface area contributed by atoms with E-state index in [1.807, 2.05) is 24.3 Å². The maximum absolute atomic E-state index is 5.81. The zero-order valence-corrected chi connectivity index (χ0v) is 11.6. The highest BCUT2D eigenvalue weighted by Gasteiger charge is 2.17. The van der Waals surface area contributed by atoms with Gasteiger partial charge < -0.3 is 15.4 Å². The molecule has 0 bridgehead atoms. The van der Waals surface area contributed by atoms with Gasteiger partial charge in [0.25, 0.3) is 0 Å². The minimum atomic E-state index is 0.229. The molecule has 1 unspecified atom stereocenters. The first kappa shape index (κ1) is 13.5. The molecule has 5 nitrogen and oxygen atoms in total. The van der Waals surface area contributed by atoms with Crippen LogP contribution in [0.3, 0.4) is 0 Å². The van der Waals surface area contributed by atoms with Gasteiger partial charge in [-0.3, -0.25) is 0 Å². The van der Waals surface area contributed by atoms with Crippen LogP contribution in [0.5, 0.6) is 0 Å². The number of para-hydroxylation sites is 1. The van der Waals surface area contributed by atoms with Crippen LogP contribution in [0.1, 0.15) is 13.8 Å². The summed E-state index contributed by atoms with van der Waals surface area (Å²) in [4.78, 5) is 10.9. The molecule has 2 aromatic rings. The molecule has 5 heteroatoms. The van der Waals surface area contributed by atoms with Crippen LogP contribution in [-0.4, -0.2) is 36.3 Å². The fourth-order valence-corrected chi connectivity index (χ4v) is 2.30. The Hall–Kier alpha value is -1.88. The van der Waals surface area contributed by atoms with Gasteiger partial charge in [-0.1, -0.05) is 12.1 Å². The van der Waals surface area contributed by atoms with Crippen molar-refractivity contribution in [2.75, 3.05) is 30.9 Å². The lowest BCUT2D eigenvalue weighted by molar-refractivity contribution is 0.182. The summed E-state index contributed by atoms with van der Waals surface area (Å²) in [5.41, 5.74) is 6.68. The van der Waals surface area contributed by atoms with E-state index in [0.29, 0.717) is 12.6 Å². The molecule has 0 radical (unpaired) electrons. The number of fused-ring (bicyclic) bond motifs is 1. The van der Waals surface area contributed by atoms with Gasteiger partial charge in [-0.15, -0.1) is 0 Å². The molecule has 0 fully saturated rings. The highest BCUT2D eigenvalue weighted by Crippen LogP contribution is 2.25. The summed E-state index contributed by atoms with van der Waals surface area (Å²) in [7, 11) is 1.71. The monoisotopic (exact) mass is 260 g/mol. The van der Waals surface area contributed by atoms with Crippen LogP contribution < -0.4 is 10.6 Å². The zero-order chi connectivity index (χ0) is 13.8. The summed E-state index contributed by atoms with van der Waals surface area (Å²) in [5, 5.41) is 1.02. The van der Waals surface area contributed by atoms with Crippen molar-refractivity contribution in [1.29, 1.82) is 0 Å². The topological polar surface area (TPSA) is 64.3 Å². The van der Waals surface area contributed by atoms with Gasteiger partial charge in [0.1, 0.15) is 5.82 Å². The number of likely N-dealkylation sites (N-methyl/N-ethyl adjacent to an activating group) is 1. The summed E-state index contributed by atoms with van der Waals surface area (Å²) in [5.74, 6) is 1.17. The fourth-order valence-electron chi connectivity index (χ4n) is 2.30. The minimum absolute atomic E-state index is 0.229. The number of benzene rings is 1. The van der Waals surface area contributed by atoms with Crippen LogP contribution in [0, 0.1) is 0 Å². The van der Waals surface area contributed by atoms with E-state index in [-0.39, 0.29) is 6.04 Å². The van der Waals surface area contributed by atoms with Crippen molar-refractivity contribution in [3.05, 3.63) is 24.3 Å². The second-order valence-corrected chi connectivity index (χ2v) is 4.51. The van der Waals surface area contributed by atoms with Crippen LogP contribution >= 0.6 is 0 Å². The molecule has 0 aliphatic heterocycles. The molecule has 0 amide bonds. The van der Waals surface area contributed by atoms with Crippen molar-refractivity contribution in [2.24, 2.45) is 0 Å². The molecule has 1 atom stereocenters. The van der Waals surface area contributed by atoms with Crippen molar-refractivity contribution in [2.45, 2.75) is 19.9 Å². The zero-order valence-electron chi connectivity index (χ0n) is 11.6. The number of nitrogens with two attached hydrogens (primary N) is 1. The quantitative estimate of drug-likeness (QED) is 0.891. The Morgan fingerprint density at radius 2 is 2.05 bits per heavy atom. The van der Waals surface area contributed by atoms with Gasteiger partial charge >= 0.3 is 0 Å². The number of aromatic nitrogens is 2. The molecule has 2 rings (SSSR count). The molecular formula is C14H20N4O. The van der Waals surface area contributed by atoms with Gasteiger partial charge in [0.05, 0.1) is 18.2 Å². The molecule has 0 spiro atoms. The largest absolute Gasteiger partial charge is 0.383 e. The number of anilines is 2. The summed E-state index contributed by atoms with van der Waals surface area (Å²) in [6.45, 7) is 5.69. The van der Waals surface area contributed by atoms with E-state index in [1.165, 1.54) is 0 Å². The summed E-state index contributed by atoms with van der Waals surface area (Å²) >= 11 is 0. The normalized spacial score (nSPS) is 12.6. The number of ether oxygens (including phenoxy) is 1. The van der Waals surface area contributed by atoms with Crippen molar-refractivity contribution >= 4 is 22.7 Å². The third kappa shape index (κ3) is 2.76. The highest BCUT2D eigenvalue weighted by molar-refractivity contribution is 5.90. The molecule has 0 saturated carbocycles.